The van der Waals surface area contributed by atoms with Crippen molar-refractivity contribution in [3.63, 3.8) is 0 Å². The number of nitrogens with one attached hydrogen (secondary N) is 3. The molecule has 0 aliphatic rings. The van der Waals surface area contributed by atoms with Crippen LogP contribution in [0, 0.1) is 18.3 Å². The van der Waals surface area contributed by atoms with Gasteiger partial charge in [-0.25, -0.2) is 9.97 Å². The Kier molecular flexibility index (Phi) is 5.80. The van der Waals surface area contributed by atoms with Gasteiger partial charge in [-0.05, 0) is 55.5 Å². The normalized spacial score (nSPS) is 9.97. The molecule has 144 valence electrons. The lowest BCUT2D eigenvalue weighted by atomic mass is 10.2. The van der Waals surface area contributed by atoms with Crippen LogP contribution in [0.4, 0.5) is 23.0 Å². The van der Waals surface area contributed by atoms with Crippen LogP contribution < -0.4 is 16.0 Å². The lowest BCUT2D eigenvalue weighted by Crippen LogP contribution is -2.15. The maximum atomic E-state index is 12.6. The molecule has 0 spiro atoms. The summed E-state index contributed by atoms with van der Waals surface area (Å²) in [4.78, 5) is 32.4. The van der Waals surface area contributed by atoms with E-state index < -0.39 is 5.91 Å². The molecule has 0 saturated carbocycles. The molecular weight excluding hydrogens is 368 g/mol. The Morgan fingerprint density at radius 3 is 2.34 bits per heavy atom. The van der Waals surface area contributed by atoms with E-state index in [0.717, 1.165) is 0 Å². The second-order valence-electron chi connectivity index (χ2n) is 6.25. The second-order valence-corrected chi connectivity index (χ2v) is 6.25. The number of benzene rings is 2. The minimum Gasteiger partial charge on any atom is -0.326 e. The Morgan fingerprint density at radius 2 is 1.66 bits per heavy atom. The maximum Gasteiger partial charge on any atom is 0.274 e. The van der Waals surface area contributed by atoms with Crippen molar-refractivity contribution in [2.45, 2.75) is 13.8 Å². The van der Waals surface area contributed by atoms with Gasteiger partial charge in [-0.1, -0.05) is 6.07 Å². The molecule has 0 radical (unpaired) electrons. The number of hydrogen-bond acceptors (Lipinski definition) is 6. The third-order valence-electron chi connectivity index (χ3n) is 3.80. The number of nitrogens with zero attached hydrogens (tertiary/aromatic N) is 3. The molecule has 0 fully saturated rings. The Hall–Kier alpha value is -4.25. The van der Waals surface area contributed by atoms with Crippen molar-refractivity contribution < 1.29 is 9.59 Å². The van der Waals surface area contributed by atoms with E-state index in [1.165, 1.54) is 6.92 Å². The average molecular weight is 386 g/mol. The van der Waals surface area contributed by atoms with Gasteiger partial charge in [0, 0.05) is 29.7 Å². The van der Waals surface area contributed by atoms with E-state index >= 15 is 0 Å². The number of carbonyl (C=O) groups is 2. The number of nitriles is 1. The van der Waals surface area contributed by atoms with Crippen LogP contribution in [0.15, 0.2) is 54.6 Å². The van der Waals surface area contributed by atoms with Gasteiger partial charge >= 0.3 is 0 Å². The molecule has 0 aliphatic carbocycles. The number of carbonyl (C=O) groups excluding carboxylic acids is 2. The number of hydrogen-bond donors (Lipinski definition) is 3. The smallest absolute Gasteiger partial charge is 0.274 e. The van der Waals surface area contributed by atoms with Crippen LogP contribution in [0.25, 0.3) is 0 Å². The number of amides is 2. The van der Waals surface area contributed by atoms with Crippen molar-refractivity contribution >= 4 is 34.8 Å². The summed E-state index contributed by atoms with van der Waals surface area (Å²) < 4.78 is 0. The third-order valence-corrected chi connectivity index (χ3v) is 3.80. The predicted octanol–water partition coefficient (Wildman–Crippen LogP) is 3.61. The molecule has 0 bridgehead atoms. The van der Waals surface area contributed by atoms with Gasteiger partial charge < -0.3 is 16.0 Å². The monoisotopic (exact) mass is 386 g/mol. The summed E-state index contributed by atoms with van der Waals surface area (Å²) in [5, 5.41) is 17.3. The van der Waals surface area contributed by atoms with E-state index in [0.29, 0.717) is 28.3 Å². The van der Waals surface area contributed by atoms with Gasteiger partial charge in [-0.15, -0.1) is 0 Å². The first-order valence-corrected chi connectivity index (χ1v) is 8.75. The number of aromatic nitrogens is 2. The Bertz CT molecular complexity index is 1100. The van der Waals surface area contributed by atoms with Crippen molar-refractivity contribution in [2.24, 2.45) is 0 Å². The fraction of sp³-hybridized carbons (Fsp3) is 0.0952. The molecule has 0 unspecified atom stereocenters. The first-order chi connectivity index (χ1) is 13.9. The van der Waals surface area contributed by atoms with Crippen molar-refractivity contribution in [1.82, 2.24) is 9.97 Å². The van der Waals surface area contributed by atoms with Gasteiger partial charge in [0.15, 0.2) is 0 Å². The molecule has 2 amide bonds. The molecule has 29 heavy (non-hydrogen) atoms. The van der Waals surface area contributed by atoms with Crippen LogP contribution in [0.3, 0.4) is 0 Å². The highest BCUT2D eigenvalue weighted by atomic mass is 16.2. The van der Waals surface area contributed by atoms with Crippen molar-refractivity contribution in [3.05, 3.63) is 71.5 Å². The van der Waals surface area contributed by atoms with E-state index in [1.807, 2.05) is 6.07 Å². The third kappa shape index (κ3) is 5.37. The van der Waals surface area contributed by atoms with Crippen molar-refractivity contribution in [1.29, 1.82) is 5.26 Å². The molecule has 0 aliphatic heterocycles. The quantitative estimate of drug-likeness (QED) is 0.616. The molecule has 8 heteroatoms. The zero-order valence-corrected chi connectivity index (χ0v) is 15.9. The summed E-state index contributed by atoms with van der Waals surface area (Å²) in [6, 6.07) is 17.2. The van der Waals surface area contributed by atoms with E-state index in [4.69, 9.17) is 5.26 Å². The average Bonchev–Trinajstić information content (AvgIpc) is 2.68. The molecule has 3 N–H and O–H groups in total. The number of aryl methyl sites for hydroxylation is 1. The summed E-state index contributed by atoms with van der Waals surface area (Å²) in [5.74, 6) is -0.305. The zero-order chi connectivity index (χ0) is 20.8. The Balaban J connectivity index is 1.78. The fourth-order valence-electron chi connectivity index (χ4n) is 2.57. The van der Waals surface area contributed by atoms with E-state index in [9.17, 15) is 9.59 Å². The highest BCUT2D eigenvalue weighted by Gasteiger charge is 2.12. The maximum absolute atomic E-state index is 12.6. The lowest BCUT2D eigenvalue weighted by molar-refractivity contribution is -0.114. The highest BCUT2D eigenvalue weighted by molar-refractivity contribution is 6.03. The predicted molar refractivity (Wildman–Crippen MR) is 110 cm³/mol. The topological polar surface area (TPSA) is 120 Å². The minimum atomic E-state index is -0.393. The van der Waals surface area contributed by atoms with Crippen LogP contribution in [0.1, 0.15) is 28.7 Å². The number of rotatable bonds is 5. The molecule has 8 nitrogen and oxygen atoms in total. The number of anilines is 4. The first-order valence-electron chi connectivity index (χ1n) is 8.75. The summed E-state index contributed by atoms with van der Waals surface area (Å²) in [6.07, 6.45) is 0. The van der Waals surface area contributed by atoms with Gasteiger partial charge in [-0.2, -0.15) is 5.26 Å². The van der Waals surface area contributed by atoms with E-state index in [1.54, 1.807) is 61.5 Å². The molecule has 3 aromatic rings. The SMILES string of the molecule is CC(=O)Nc1cccc(Nc2nc(C)cc(C(=O)Nc3ccc(C#N)cc3)n2)c1. The molecular formula is C21H18N6O2. The van der Waals surface area contributed by atoms with Crippen molar-refractivity contribution in [2.75, 3.05) is 16.0 Å². The standard InChI is InChI=1S/C21H18N6O2/c1-13-10-19(20(29)25-16-8-6-15(12-22)7-9-16)27-21(23-13)26-18-5-3-4-17(11-18)24-14(2)28/h3-11H,1-2H3,(H,24,28)(H,25,29)(H,23,26,27). The highest BCUT2D eigenvalue weighted by Crippen LogP contribution is 2.19. The van der Waals surface area contributed by atoms with Gasteiger partial charge in [0.25, 0.3) is 5.91 Å². The van der Waals surface area contributed by atoms with Crippen LogP contribution >= 0.6 is 0 Å². The summed E-state index contributed by atoms with van der Waals surface area (Å²) in [6.45, 7) is 3.20. The van der Waals surface area contributed by atoms with Crippen LogP contribution in [-0.2, 0) is 4.79 Å². The summed E-state index contributed by atoms with van der Waals surface area (Å²) in [5.41, 5.74) is 3.18. The molecule has 1 heterocycles. The second kappa shape index (κ2) is 8.63. The molecule has 2 aromatic carbocycles. The van der Waals surface area contributed by atoms with Crippen LogP contribution in [0.2, 0.25) is 0 Å². The zero-order valence-electron chi connectivity index (χ0n) is 15.9. The Morgan fingerprint density at radius 1 is 0.931 bits per heavy atom. The fourth-order valence-corrected chi connectivity index (χ4v) is 2.57. The molecule has 3 rings (SSSR count). The van der Waals surface area contributed by atoms with Crippen molar-refractivity contribution in [3.8, 4) is 6.07 Å². The minimum absolute atomic E-state index is 0.171. The van der Waals surface area contributed by atoms with Crippen LogP contribution in [0.5, 0.6) is 0 Å². The van der Waals surface area contributed by atoms with E-state index in [-0.39, 0.29) is 17.5 Å². The summed E-state index contributed by atoms with van der Waals surface area (Å²) in [7, 11) is 0. The van der Waals surface area contributed by atoms with Crippen LogP contribution in [-0.4, -0.2) is 21.8 Å². The van der Waals surface area contributed by atoms with Gasteiger partial charge in [-0.3, -0.25) is 9.59 Å². The molecule has 1 aromatic heterocycles. The first kappa shape index (κ1) is 19.5. The molecule has 0 saturated heterocycles. The van der Waals surface area contributed by atoms with Gasteiger partial charge in [0.1, 0.15) is 5.69 Å². The van der Waals surface area contributed by atoms with Gasteiger partial charge in [0.05, 0.1) is 11.6 Å². The van der Waals surface area contributed by atoms with E-state index in [2.05, 4.69) is 25.9 Å². The summed E-state index contributed by atoms with van der Waals surface area (Å²) >= 11 is 0. The Labute approximate surface area is 167 Å². The lowest BCUT2D eigenvalue weighted by Gasteiger charge is -2.10. The van der Waals surface area contributed by atoms with Gasteiger partial charge in [0.2, 0.25) is 11.9 Å². The largest absolute Gasteiger partial charge is 0.326 e. The molecule has 0 atom stereocenters.